The van der Waals surface area contributed by atoms with Gasteiger partial charge < -0.3 is 0 Å². The van der Waals surface area contributed by atoms with Crippen LogP contribution in [0.3, 0.4) is 0 Å². The average Bonchev–Trinajstić information content (AvgIpc) is 3.10. The molecule has 0 atom stereocenters. The molecular weight excluding hydrogens is 318 g/mol. The molecule has 1 amide bonds. The van der Waals surface area contributed by atoms with E-state index in [-0.39, 0.29) is 5.91 Å². The maximum atomic E-state index is 12.4. The second-order valence-electron chi connectivity index (χ2n) is 5.29. The number of hydrogen-bond acceptors (Lipinski definition) is 4. The van der Waals surface area contributed by atoms with E-state index in [0.29, 0.717) is 10.7 Å². The molecule has 1 N–H and O–H groups in total. The highest BCUT2D eigenvalue weighted by molar-refractivity contribution is 7.18. The Kier molecular flexibility index (Phi) is 3.76. The molecule has 0 aliphatic carbocycles. The predicted octanol–water partition coefficient (Wildman–Crippen LogP) is 4.61. The average molecular weight is 331 g/mol. The molecule has 0 saturated carbocycles. The van der Waals surface area contributed by atoms with Gasteiger partial charge in [-0.05, 0) is 22.9 Å². The molecule has 0 radical (unpaired) electrons. The molecule has 0 saturated heterocycles. The Labute approximate surface area is 142 Å². The van der Waals surface area contributed by atoms with Gasteiger partial charge in [-0.1, -0.05) is 72.0 Å². The zero-order valence-corrected chi connectivity index (χ0v) is 13.5. The number of anilines is 1. The van der Waals surface area contributed by atoms with Gasteiger partial charge in [-0.3, -0.25) is 10.1 Å². The molecule has 0 unspecified atom stereocenters. The lowest BCUT2D eigenvalue weighted by Gasteiger charge is -2.03. The zero-order valence-electron chi connectivity index (χ0n) is 12.6. The summed E-state index contributed by atoms with van der Waals surface area (Å²) in [5, 5.41) is 14.4. The lowest BCUT2D eigenvalue weighted by molar-refractivity contribution is 0.102. The summed E-state index contributed by atoms with van der Waals surface area (Å²) >= 11 is 1.36. The monoisotopic (exact) mass is 331 g/mol. The molecular formula is C19H13N3OS. The maximum absolute atomic E-state index is 12.4. The number of nitrogens with one attached hydrogen (secondary N) is 1. The van der Waals surface area contributed by atoms with Crippen molar-refractivity contribution < 1.29 is 4.79 Å². The van der Waals surface area contributed by atoms with Gasteiger partial charge in [0.1, 0.15) is 5.01 Å². The number of amides is 1. The van der Waals surface area contributed by atoms with Gasteiger partial charge >= 0.3 is 0 Å². The first-order valence-corrected chi connectivity index (χ1v) is 8.30. The van der Waals surface area contributed by atoms with E-state index < -0.39 is 0 Å². The molecule has 116 valence electrons. The van der Waals surface area contributed by atoms with Gasteiger partial charge in [0, 0.05) is 11.1 Å². The Morgan fingerprint density at radius 2 is 1.58 bits per heavy atom. The molecule has 0 fully saturated rings. The van der Waals surface area contributed by atoms with E-state index in [1.165, 1.54) is 11.3 Å². The minimum absolute atomic E-state index is 0.184. The first kappa shape index (κ1) is 14.5. The first-order valence-electron chi connectivity index (χ1n) is 7.49. The second kappa shape index (κ2) is 6.22. The summed E-state index contributed by atoms with van der Waals surface area (Å²) in [6.07, 6.45) is 0. The summed E-state index contributed by atoms with van der Waals surface area (Å²) in [5.41, 5.74) is 1.59. The molecule has 0 bridgehead atoms. The van der Waals surface area contributed by atoms with Gasteiger partial charge in [-0.15, -0.1) is 10.2 Å². The van der Waals surface area contributed by atoms with Gasteiger partial charge in [-0.25, -0.2) is 0 Å². The standard InChI is InChI=1S/C19H13N3OS/c23-17(16-11-10-13-6-4-5-9-15(13)12-16)20-19-22-21-18(24-19)14-7-2-1-3-8-14/h1-12H,(H,20,22,23). The second-order valence-corrected chi connectivity index (χ2v) is 6.27. The van der Waals surface area contributed by atoms with Gasteiger partial charge in [0.25, 0.3) is 5.91 Å². The summed E-state index contributed by atoms with van der Waals surface area (Å²) in [6.45, 7) is 0. The first-order chi connectivity index (χ1) is 11.8. The number of nitrogens with zero attached hydrogens (tertiary/aromatic N) is 2. The minimum Gasteiger partial charge on any atom is -0.296 e. The van der Waals surface area contributed by atoms with E-state index in [9.17, 15) is 4.79 Å². The molecule has 4 nitrogen and oxygen atoms in total. The molecule has 4 aromatic rings. The molecule has 0 aliphatic rings. The summed E-state index contributed by atoms with van der Waals surface area (Å²) in [4.78, 5) is 12.4. The van der Waals surface area contributed by atoms with Crippen molar-refractivity contribution in [2.45, 2.75) is 0 Å². The molecule has 24 heavy (non-hydrogen) atoms. The van der Waals surface area contributed by atoms with Crippen LogP contribution in [0.1, 0.15) is 10.4 Å². The van der Waals surface area contributed by atoms with Crippen LogP contribution < -0.4 is 5.32 Å². The highest BCUT2D eigenvalue weighted by Crippen LogP contribution is 2.26. The van der Waals surface area contributed by atoms with Crippen LogP contribution in [0.5, 0.6) is 0 Å². The highest BCUT2D eigenvalue weighted by atomic mass is 32.1. The van der Waals surface area contributed by atoms with Crippen LogP contribution in [0.25, 0.3) is 21.3 Å². The molecule has 1 heterocycles. The topological polar surface area (TPSA) is 54.9 Å². The Balaban J connectivity index is 1.56. The van der Waals surface area contributed by atoms with E-state index in [1.54, 1.807) is 0 Å². The third-order valence-corrected chi connectivity index (χ3v) is 4.57. The van der Waals surface area contributed by atoms with Gasteiger partial charge in [0.05, 0.1) is 0 Å². The Morgan fingerprint density at radius 1 is 0.833 bits per heavy atom. The SMILES string of the molecule is O=C(Nc1nnc(-c2ccccc2)s1)c1ccc2ccccc2c1. The van der Waals surface area contributed by atoms with Crippen molar-refractivity contribution in [3.05, 3.63) is 78.4 Å². The number of fused-ring (bicyclic) bond motifs is 1. The summed E-state index contributed by atoms with van der Waals surface area (Å²) in [7, 11) is 0. The van der Waals surface area contributed by atoms with Crippen molar-refractivity contribution >= 4 is 33.1 Å². The normalized spacial score (nSPS) is 10.7. The number of rotatable bonds is 3. The molecule has 1 aromatic heterocycles. The molecule has 4 rings (SSSR count). The largest absolute Gasteiger partial charge is 0.296 e. The summed E-state index contributed by atoms with van der Waals surface area (Å²) in [5.74, 6) is -0.184. The van der Waals surface area contributed by atoms with Crippen molar-refractivity contribution in [3.8, 4) is 10.6 Å². The fraction of sp³-hybridized carbons (Fsp3) is 0. The van der Waals surface area contributed by atoms with Crippen molar-refractivity contribution in [1.29, 1.82) is 0 Å². The van der Waals surface area contributed by atoms with E-state index >= 15 is 0 Å². The summed E-state index contributed by atoms with van der Waals surface area (Å²) in [6, 6.07) is 23.4. The molecule has 0 spiro atoms. The van der Waals surface area contributed by atoms with E-state index in [1.807, 2.05) is 72.8 Å². The number of aromatic nitrogens is 2. The highest BCUT2D eigenvalue weighted by Gasteiger charge is 2.11. The maximum Gasteiger partial charge on any atom is 0.257 e. The van der Waals surface area contributed by atoms with Crippen molar-refractivity contribution in [1.82, 2.24) is 10.2 Å². The Morgan fingerprint density at radius 3 is 2.42 bits per heavy atom. The third-order valence-electron chi connectivity index (χ3n) is 3.68. The molecule has 0 aliphatic heterocycles. The smallest absolute Gasteiger partial charge is 0.257 e. The Bertz CT molecular complexity index is 1010. The van der Waals surface area contributed by atoms with Gasteiger partial charge in [0.2, 0.25) is 5.13 Å². The number of carbonyl (C=O) groups is 1. The van der Waals surface area contributed by atoms with Crippen LogP contribution in [-0.4, -0.2) is 16.1 Å². The number of benzene rings is 3. The lowest BCUT2D eigenvalue weighted by Crippen LogP contribution is -2.11. The van der Waals surface area contributed by atoms with Crippen molar-refractivity contribution in [3.63, 3.8) is 0 Å². The predicted molar refractivity (Wildman–Crippen MR) is 97.2 cm³/mol. The van der Waals surface area contributed by atoms with Crippen LogP contribution in [-0.2, 0) is 0 Å². The van der Waals surface area contributed by atoms with Crippen LogP contribution in [0.4, 0.5) is 5.13 Å². The van der Waals surface area contributed by atoms with Crippen LogP contribution in [0.2, 0.25) is 0 Å². The van der Waals surface area contributed by atoms with E-state index in [4.69, 9.17) is 0 Å². The van der Waals surface area contributed by atoms with Crippen molar-refractivity contribution in [2.24, 2.45) is 0 Å². The third kappa shape index (κ3) is 2.89. The fourth-order valence-electron chi connectivity index (χ4n) is 2.47. The number of carbonyl (C=O) groups excluding carboxylic acids is 1. The van der Waals surface area contributed by atoms with Gasteiger partial charge in [-0.2, -0.15) is 0 Å². The minimum atomic E-state index is -0.184. The quantitative estimate of drug-likeness (QED) is 0.596. The fourth-order valence-corrected chi connectivity index (χ4v) is 3.22. The summed E-state index contributed by atoms with van der Waals surface area (Å²) < 4.78 is 0. The molecule has 5 heteroatoms. The molecule has 3 aromatic carbocycles. The van der Waals surface area contributed by atoms with E-state index in [2.05, 4.69) is 15.5 Å². The van der Waals surface area contributed by atoms with Gasteiger partial charge in [0.15, 0.2) is 0 Å². The zero-order chi connectivity index (χ0) is 16.4. The lowest BCUT2D eigenvalue weighted by atomic mass is 10.1. The van der Waals surface area contributed by atoms with E-state index in [0.717, 1.165) is 21.3 Å². The Hall–Kier alpha value is -3.05. The van der Waals surface area contributed by atoms with Crippen LogP contribution >= 0.6 is 11.3 Å². The van der Waals surface area contributed by atoms with Crippen molar-refractivity contribution in [2.75, 3.05) is 5.32 Å². The van der Waals surface area contributed by atoms with Crippen LogP contribution in [0, 0.1) is 0 Å². The van der Waals surface area contributed by atoms with Crippen LogP contribution in [0.15, 0.2) is 72.8 Å². The number of hydrogen-bond donors (Lipinski definition) is 1.